The fourth-order valence-electron chi connectivity index (χ4n) is 1.84. The number of nitrogens with zero attached hydrogens (tertiary/aromatic N) is 1. The summed E-state index contributed by atoms with van der Waals surface area (Å²) in [5, 5.41) is 7.55. The minimum atomic E-state index is -0.251. The molecule has 0 radical (unpaired) electrons. The third kappa shape index (κ3) is 5.86. The van der Waals surface area contributed by atoms with Crippen LogP contribution in [0.1, 0.15) is 12.5 Å². The van der Waals surface area contributed by atoms with Gasteiger partial charge in [0.25, 0.3) is 5.91 Å². The highest BCUT2D eigenvalue weighted by Crippen LogP contribution is 2.25. The first-order valence-electron chi connectivity index (χ1n) is 7.32. The monoisotopic (exact) mass is 409 g/mol. The average molecular weight is 411 g/mol. The van der Waals surface area contributed by atoms with Gasteiger partial charge in [0.1, 0.15) is 5.75 Å². The van der Waals surface area contributed by atoms with Gasteiger partial charge in [0, 0.05) is 15.2 Å². The number of carbonyl (C=O) groups excluding carboxylic acids is 1. The summed E-state index contributed by atoms with van der Waals surface area (Å²) in [6.45, 7) is 2.66. The van der Waals surface area contributed by atoms with E-state index >= 15 is 0 Å². The number of nitrogens with one attached hydrogen (secondary N) is 2. The topological polar surface area (TPSA) is 62.7 Å². The largest absolute Gasteiger partial charge is 0.494 e. The van der Waals surface area contributed by atoms with Crippen molar-refractivity contribution in [2.45, 2.75) is 6.92 Å². The summed E-state index contributed by atoms with van der Waals surface area (Å²) in [5.41, 5.74) is 4.12. The van der Waals surface area contributed by atoms with Crippen LogP contribution in [-0.2, 0) is 4.79 Å². The van der Waals surface area contributed by atoms with E-state index in [2.05, 4.69) is 31.8 Å². The molecule has 0 aliphatic rings. The zero-order chi connectivity index (χ0) is 17.4. The predicted octanol–water partition coefficient (Wildman–Crippen LogP) is 4.06. The minimum Gasteiger partial charge on any atom is -0.494 e. The highest BCUT2D eigenvalue weighted by atomic mass is 79.9. The van der Waals surface area contributed by atoms with Crippen molar-refractivity contribution in [1.29, 1.82) is 0 Å². The molecule has 0 heterocycles. The Kier molecular flexibility index (Phi) is 7.08. The van der Waals surface area contributed by atoms with Crippen LogP contribution in [0.15, 0.2) is 52.0 Å². The Bertz CT molecular complexity index is 720. The van der Waals surface area contributed by atoms with Gasteiger partial charge in [-0.05, 0) is 70.9 Å². The molecule has 0 saturated heterocycles. The van der Waals surface area contributed by atoms with E-state index < -0.39 is 0 Å². The highest BCUT2D eigenvalue weighted by Gasteiger charge is 2.03. The second kappa shape index (κ2) is 9.30. The number of amides is 1. The van der Waals surface area contributed by atoms with Gasteiger partial charge in [-0.15, -0.1) is 0 Å². The summed E-state index contributed by atoms with van der Waals surface area (Å²) in [7, 11) is 0. The summed E-state index contributed by atoms with van der Waals surface area (Å²) in [5.74, 6) is 0.551. The van der Waals surface area contributed by atoms with Crippen LogP contribution in [0.2, 0.25) is 5.02 Å². The second-order valence-corrected chi connectivity index (χ2v) is 6.06. The Labute approximate surface area is 154 Å². The van der Waals surface area contributed by atoms with Gasteiger partial charge < -0.3 is 10.1 Å². The molecule has 0 fully saturated rings. The van der Waals surface area contributed by atoms with Gasteiger partial charge in [0.05, 0.1) is 19.4 Å². The summed E-state index contributed by atoms with van der Waals surface area (Å²) in [6.07, 6.45) is 1.58. The Hall–Kier alpha value is -2.05. The molecule has 0 atom stereocenters. The van der Waals surface area contributed by atoms with Crippen molar-refractivity contribution in [3.63, 3.8) is 0 Å². The lowest BCUT2D eigenvalue weighted by molar-refractivity contribution is -0.119. The first-order valence-corrected chi connectivity index (χ1v) is 8.49. The maximum Gasteiger partial charge on any atom is 0.259 e. The van der Waals surface area contributed by atoms with Crippen molar-refractivity contribution in [3.05, 3.63) is 57.5 Å². The molecule has 7 heteroatoms. The molecule has 2 N–H and O–H groups in total. The molecule has 0 aliphatic carbocycles. The number of benzene rings is 2. The fraction of sp³-hybridized carbons (Fsp3) is 0.176. The summed E-state index contributed by atoms with van der Waals surface area (Å²) < 4.78 is 6.15. The minimum absolute atomic E-state index is 0.0981. The van der Waals surface area contributed by atoms with Gasteiger partial charge in [0.15, 0.2) is 0 Å². The summed E-state index contributed by atoms with van der Waals surface area (Å²) in [6, 6.07) is 12.7. The molecule has 24 heavy (non-hydrogen) atoms. The zero-order valence-electron chi connectivity index (χ0n) is 13.1. The third-order valence-corrected chi connectivity index (χ3v) is 3.86. The van der Waals surface area contributed by atoms with E-state index in [0.717, 1.165) is 21.5 Å². The number of ether oxygens (including phenoxy) is 1. The molecule has 2 rings (SSSR count). The number of halogens is 2. The highest BCUT2D eigenvalue weighted by molar-refractivity contribution is 9.10. The molecular weight excluding hydrogens is 394 g/mol. The summed E-state index contributed by atoms with van der Waals surface area (Å²) in [4.78, 5) is 11.8. The molecule has 0 unspecified atom stereocenters. The Morgan fingerprint density at radius 3 is 2.71 bits per heavy atom. The van der Waals surface area contributed by atoms with Crippen LogP contribution in [0, 0.1) is 0 Å². The summed E-state index contributed by atoms with van der Waals surface area (Å²) >= 11 is 9.25. The van der Waals surface area contributed by atoms with E-state index in [1.807, 2.05) is 31.2 Å². The lowest BCUT2D eigenvalue weighted by Gasteiger charge is -2.07. The van der Waals surface area contributed by atoms with Gasteiger partial charge in [-0.1, -0.05) is 11.6 Å². The normalized spacial score (nSPS) is 10.6. The molecule has 0 aliphatic heterocycles. The fourth-order valence-corrected chi connectivity index (χ4v) is 2.67. The van der Waals surface area contributed by atoms with Gasteiger partial charge in [-0.2, -0.15) is 5.10 Å². The van der Waals surface area contributed by atoms with Crippen molar-refractivity contribution in [2.24, 2.45) is 5.10 Å². The van der Waals surface area contributed by atoms with E-state index in [9.17, 15) is 4.79 Å². The van der Waals surface area contributed by atoms with Gasteiger partial charge in [0.2, 0.25) is 0 Å². The van der Waals surface area contributed by atoms with Crippen LogP contribution in [0.5, 0.6) is 5.75 Å². The molecule has 126 valence electrons. The van der Waals surface area contributed by atoms with E-state index in [1.165, 1.54) is 0 Å². The SMILES string of the molecule is CCOc1ccc(/C=N\NC(=O)CNc2ccc(Cl)cc2Br)cc1. The molecule has 2 aromatic rings. The smallest absolute Gasteiger partial charge is 0.259 e. The van der Waals surface area contributed by atoms with Crippen LogP contribution in [-0.4, -0.2) is 25.3 Å². The van der Waals surface area contributed by atoms with E-state index in [1.54, 1.807) is 24.4 Å². The number of carbonyl (C=O) groups is 1. The average Bonchev–Trinajstić information content (AvgIpc) is 2.56. The van der Waals surface area contributed by atoms with Crippen LogP contribution in [0.4, 0.5) is 5.69 Å². The standard InChI is InChI=1S/C17H17BrClN3O2/c1-2-24-14-6-3-12(4-7-14)10-21-22-17(23)11-20-16-8-5-13(19)9-15(16)18/h3-10,20H,2,11H2,1H3,(H,22,23)/b21-10-. The molecule has 0 spiro atoms. The maximum absolute atomic E-state index is 11.8. The molecule has 1 amide bonds. The molecule has 5 nitrogen and oxygen atoms in total. The molecule has 2 aromatic carbocycles. The van der Waals surface area contributed by atoms with Crippen molar-refractivity contribution >= 4 is 45.3 Å². The quantitative estimate of drug-likeness (QED) is 0.534. The third-order valence-electron chi connectivity index (χ3n) is 2.96. The second-order valence-electron chi connectivity index (χ2n) is 4.77. The van der Waals surface area contributed by atoms with Crippen molar-refractivity contribution < 1.29 is 9.53 Å². The molecule has 0 saturated carbocycles. The van der Waals surface area contributed by atoms with Crippen LogP contribution < -0.4 is 15.5 Å². The van der Waals surface area contributed by atoms with Crippen molar-refractivity contribution in [3.8, 4) is 5.75 Å². The van der Waals surface area contributed by atoms with E-state index in [4.69, 9.17) is 16.3 Å². The first kappa shape index (κ1) is 18.3. The van der Waals surface area contributed by atoms with Crippen molar-refractivity contribution in [1.82, 2.24) is 5.43 Å². The van der Waals surface area contributed by atoms with Crippen LogP contribution >= 0.6 is 27.5 Å². The maximum atomic E-state index is 11.8. The Morgan fingerprint density at radius 1 is 1.29 bits per heavy atom. The lowest BCUT2D eigenvalue weighted by atomic mass is 10.2. The van der Waals surface area contributed by atoms with Crippen LogP contribution in [0.3, 0.4) is 0 Å². The number of rotatable bonds is 7. The Morgan fingerprint density at radius 2 is 2.04 bits per heavy atom. The molecular formula is C17H17BrClN3O2. The first-order chi connectivity index (χ1) is 11.6. The Balaban J connectivity index is 1.80. The zero-order valence-corrected chi connectivity index (χ0v) is 15.4. The van der Waals surface area contributed by atoms with Gasteiger partial charge in [-0.25, -0.2) is 5.43 Å². The predicted molar refractivity (Wildman–Crippen MR) is 101 cm³/mol. The van der Waals surface area contributed by atoms with Gasteiger partial charge in [-0.3, -0.25) is 4.79 Å². The van der Waals surface area contributed by atoms with E-state index in [-0.39, 0.29) is 12.5 Å². The number of anilines is 1. The van der Waals surface area contributed by atoms with E-state index in [0.29, 0.717) is 11.6 Å². The number of hydrogen-bond acceptors (Lipinski definition) is 4. The van der Waals surface area contributed by atoms with Crippen molar-refractivity contribution in [2.75, 3.05) is 18.5 Å². The molecule has 0 bridgehead atoms. The van der Waals surface area contributed by atoms with Gasteiger partial charge >= 0.3 is 0 Å². The lowest BCUT2D eigenvalue weighted by Crippen LogP contribution is -2.26. The van der Waals surface area contributed by atoms with Crippen LogP contribution in [0.25, 0.3) is 0 Å². The molecule has 0 aromatic heterocycles. The number of hydrazone groups is 1. The number of hydrogen-bond donors (Lipinski definition) is 2.